The summed E-state index contributed by atoms with van der Waals surface area (Å²) >= 11 is 1.67. The standard InChI is InChI=1S/C18H17N5O3S/c1-27-14-5-3-13(4-6-14)18-20-22-23(21-18)10-17(24)19-9-12-2-7-15-16(8-12)26-11-25-15/h2-8H,9-11H2,1H3,(H,19,24). The van der Waals surface area contributed by atoms with E-state index >= 15 is 0 Å². The van der Waals surface area contributed by atoms with Crippen LogP contribution in [0.25, 0.3) is 11.4 Å². The number of rotatable bonds is 6. The molecule has 138 valence electrons. The topological polar surface area (TPSA) is 91.2 Å². The Morgan fingerprint density at radius 3 is 2.81 bits per heavy atom. The lowest BCUT2D eigenvalue weighted by Crippen LogP contribution is -2.28. The van der Waals surface area contributed by atoms with Crippen molar-refractivity contribution in [1.82, 2.24) is 25.5 Å². The van der Waals surface area contributed by atoms with Gasteiger partial charge in [0.15, 0.2) is 11.5 Å². The molecular weight excluding hydrogens is 366 g/mol. The molecule has 0 saturated carbocycles. The summed E-state index contributed by atoms with van der Waals surface area (Å²) in [5.74, 6) is 1.70. The summed E-state index contributed by atoms with van der Waals surface area (Å²) in [6.07, 6.45) is 2.02. The third-order valence-corrected chi connectivity index (χ3v) is 4.76. The number of thioether (sulfide) groups is 1. The molecule has 1 aromatic heterocycles. The normalized spacial score (nSPS) is 12.2. The SMILES string of the molecule is CSc1ccc(-c2nnn(CC(=O)NCc3ccc4c(c3)OCO4)n2)cc1. The summed E-state index contributed by atoms with van der Waals surface area (Å²) in [5.41, 5.74) is 1.79. The fourth-order valence-electron chi connectivity index (χ4n) is 2.60. The molecule has 0 saturated heterocycles. The van der Waals surface area contributed by atoms with Gasteiger partial charge in [-0.15, -0.1) is 22.0 Å². The van der Waals surface area contributed by atoms with Crippen molar-refractivity contribution in [3.63, 3.8) is 0 Å². The number of carbonyl (C=O) groups is 1. The molecule has 1 aliphatic rings. The molecule has 0 radical (unpaired) electrons. The average Bonchev–Trinajstić information content (AvgIpc) is 3.35. The van der Waals surface area contributed by atoms with Crippen LogP contribution in [0.15, 0.2) is 47.4 Å². The second-order valence-electron chi connectivity index (χ2n) is 5.84. The van der Waals surface area contributed by atoms with E-state index in [1.165, 1.54) is 4.80 Å². The molecule has 2 aromatic carbocycles. The minimum absolute atomic E-state index is 0.000444. The Labute approximate surface area is 159 Å². The molecule has 0 aliphatic carbocycles. The molecular formula is C18H17N5O3S. The Hall–Kier alpha value is -3.07. The third-order valence-electron chi connectivity index (χ3n) is 4.01. The van der Waals surface area contributed by atoms with E-state index in [9.17, 15) is 4.79 Å². The first-order valence-corrected chi connectivity index (χ1v) is 9.51. The van der Waals surface area contributed by atoms with Crippen LogP contribution < -0.4 is 14.8 Å². The van der Waals surface area contributed by atoms with E-state index in [4.69, 9.17) is 9.47 Å². The highest BCUT2D eigenvalue weighted by atomic mass is 32.2. The van der Waals surface area contributed by atoms with Gasteiger partial charge in [-0.3, -0.25) is 4.79 Å². The molecule has 0 spiro atoms. The van der Waals surface area contributed by atoms with Crippen molar-refractivity contribution in [1.29, 1.82) is 0 Å². The van der Waals surface area contributed by atoms with Crippen LogP contribution in [0, 0.1) is 0 Å². The lowest BCUT2D eigenvalue weighted by molar-refractivity contribution is -0.122. The van der Waals surface area contributed by atoms with Crippen molar-refractivity contribution in [2.45, 2.75) is 18.0 Å². The van der Waals surface area contributed by atoms with E-state index in [-0.39, 0.29) is 19.2 Å². The number of hydrogen-bond acceptors (Lipinski definition) is 7. The van der Waals surface area contributed by atoms with Crippen molar-refractivity contribution in [2.75, 3.05) is 13.0 Å². The van der Waals surface area contributed by atoms with Gasteiger partial charge in [0.2, 0.25) is 18.5 Å². The van der Waals surface area contributed by atoms with E-state index < -0.39 is 0 Å². The van der Waals surface area contributed by atoms with Crippen LogP contribution in [0.3, 0.4) is 0 Å². The van der Waals surface area contributed by atoms with Crippen LogP contribution in [-0.4, -0.2) is 39.2 Å². The van der Waals surface area contributed by atoms with Gasteiger partial charge in [-0.2, -0.15) is 4.80 Å². The minimum Gasteiger partial charge on any atom is -0.454 e. The molecule has 2 heterocycles. The summed E-state index contributed by atoms with van der Waals surface area (Å²) in [5, 5.41) is 15.1. The van der Waals surface area contributed by atoms with Gasteiger partial charge in [0.1, 0.15) is 6.54 Å². The maximum atomic E-state index is 12.2. The summed E-state index contributed by atoms with van der Waals surface area (Å²) in [7, 11) is 0. The van der Waals surface area contributed by atoms with Crippen LogP contribution in [0.4, 0.5) is 0 Å². The number of tetrazole rings is 1. The number of fused-ring (bicyclic) bond motifs is 1. The highest BCUT2D eigenvalue weighted by Crippen LogP contribution is 2.32. The number of nitrogens with zero attached hydrogens (tertiary/aromatic N) is 4. The molecule has 0 bridgehead atoms. The van der Waals surface area contributed by atoms with E-state index in [1.54, 1.807) is 11.8 Å². The second-order valence-corrected chi connectivity index (χ2v) is 6.72. The quantitative estimate of drug-likeness (QED) is 0.652. The van der Waals surface area contributed by atoms with Gasteiger partial charge >= 0.3 is 0 Å². The molecule has 0 unspecified atom stereocenters. The lowest BCUT2D eigenvalue weighted by atomic mass is 10.2. The highest BCUT2D eigenvalue weighted by molar-refractivity contribution is 7.98. The Balaban J connectivity index is 1.33. The Morgan fingerprint density at radius 2 is 2.00 bits per heavy atom. The zero-order chi connectivity index (χ0) is 18.6. The van der Waals surface area contributed by atoms with Crippen LogP contribution in [0.5, 0.6) is 11.5 Å². The summed E-state index contributed by atoms with van der Waals surface area (Å²) in [6.45, 7) is 0.610. The fourth-order valence-corrected chi connectivity index (χ4v) is 3.01. The molecule has 1 N–H and O–H groups in total. The van der Waals surface area contributed by atoms with Gasteiger partial charge < -0.3 is 14.8 Å². The summed E-state index contributed by atoms with van der Waals surface area (Å²) in [6, 6.07) is 13.4. The molecule has 27 heavy (non-hydrogen) atoms. The number of ether oxygens (including phenoxy) is 2. The predicted octanol–water partition coefficient (Wildman–Crippen LogP) is 2.11. The predicted molar refractivity (Wildman–Crippen MR) is 99.4 cm³/mol. The summed E-state index contributed by atoms with van der Waals surface area (Å²) < 4.78 is 10.6. The van der Waals surface area contributed by atoms with Gasteiger partial charge in [0.05, 0.1) is 0 Å². The van der Waals surface area contributed by atoms with Gasteiger partial charge in [-0.05, 0) is 53.4 Å². The first-order valence-electron chi connectivity index (χ1n) is 8.29. The van der Waals surface area contributed by atoms with Gasteiger partial charge in [-0.25, -0.2) is 0 Å². The number of aromatic nitrogens is 4. The Morgan fingerprint density at radius 1 is 1.19 bits per heavy atom. The number of nitrogens with one attached hydrogen (secondary N) is 1. The molecule has 1 aliphatic heterocycles. The van der Waals surface area contributed by atoms with E-state index in [2.05, 4.69) is 20.7 Å². The zero-order valence-corrected chi connectivity index (χ0v) is 15.4. The fraction of sp³-hybridized carbons (Fsp3) is 0.222. The maximum Gasteiger partial charge on any atom is 0.243 e. The highest BCUT2D eigenvalue weighted by Gasteiger charge is 2.14. The van der Waals surface area contributed by atoms with Crippen LogP contribution >= 0.6 is 11.8 Å². The Kier molecular flexibility index (Phi) is 4.93. The number of carbonyl (C=O) groups excluding carboxylic acids is 1. The second kappa shape index (κ2) is 7.67. The Bertz CT molecular complexity index is 958. The first kappa shape index (κ1) is 17.3. The monoisotopic (exact) mass is 383 g/mol. The van der Waals surface area contributed by atoms with Gasteiger partial charge in [-0.1, -0.05) is 6.07 Å². The van der Waals surface area contributed by atoms with E-state index in [0.717, 1.165) is 21.8 Å². The van der Waals surface area contributed by atoms with Crippen molar-refractivity contribution in [3.8, 4) is 22.9 Å². The molecule has 3 aromatic rings. The molecule has 9 heteroatoms. The van der Waals surface area contributed by atoms with Crippen molar-refractivity contribution < 1.29 is 14.3 Å². The largest absolute Gasteiger partial charge is 0.454 e. The van der Waals surface area contributed by atoms with Crippen LogP contribution in [0.2, 0.25) is 0 Å². The summed E-state index contributed by atoms with van der Waals surface area (Å²) in [4.78, 5) is 14.6. The van der Waals surface area contributed by atoms with Gasteiger partial charge in [0.25, 0.3) is 0 Å². The number of benzene rings is 2. The van der Waals surface area contributed by atoms with Crippen LogP contribution in [0.1, 0.15) is 5.56 Å². The average molecular weight is 383 g/mol. The smallest absolute Gasteiger partial charge is 0.243 e. The third kappa shape index (κ3) is 4.03. The molecule has 8 nitrogen and oxygen atoms in total. The molecule has 4 rings (SSSR count). The molecule has 1 amide bonds. The number of hydrogen-bond donors (Lipinski definition) is 1. The molecule has 0 fully saturated rings. The van der Waals surface area contributed by atoms with Crippen molar-refractivity contribution in [3.05, 3.63) is 48.0 Å². The number of amides is 1. The van der Waals surface area contributed by atoms with Crippen LogP contribution in [-0.2, 0) is 17.9 Å². The minimum atomic E-state index is -0.200. The first-order chi connectivity index (χ1) is 13.2. The van der Waals surface area contributed by atoms with E-state index in [1.807, 2.05) is 48.7 Å². The lowest BCUT2D eigenvalue weighted by Gasteiger charge is -2.05. The zero-order valence-electron chi connectivity index (χ0n) is 14.6. The van der Waals surface area contributed by atoms with Gasteiger partial charge in [0, 0.05) is 17.0 Å². The maximum absolute atomic E-state index is 12.2. The van der Waals surface area contributed by atoms with Crippen molar-refractivity contribution in [2.24, 2.45) is 0 Å². The van der Waals surface area contributed by atoms with E-state index in [0.29, 0.717) is 18.1 Å². The van der Waals surface area contributed by atoms with Crippen molar-refractivity contribution >= 4 is 17.7 Å². The molecule has 0 atom stereocenters.